The fraction of sp³-hybridized carbons (Fsp3) is 0.172. The molecule has 5 nitrogen and oxygen atoms in total. The highest BCUT2D eigenvalue weighted by atomic mass is 32.1. The van der Waals surface area contributed by atoms with E-state index in [1.807, 2.05) is 40.5 Å². The van der Waals surface area contributed by atoms with Crippen LogP contribution in [-0.4, -0.2) is 15.7 Å². The molecule has 0 fully saturated rings. The highest BCUT2D eigenvalue weighted by Gasteiger charge is 2.13. The van der Waals surface area contributed by atoms with Crippen LogP contribution in [0.5, 0.6) is 5.75 Å². The maximum absolute atomic E-state index is 12.8. The molecule has 0 spiro atoms. The molecule has 6 heteroatoms. The molecule has 5 aromatic rings. The second-order valence-electron chi connectivity index (χ2n) is 8.91. The van der Waals surface area contributed by atoms with E-state index in [0.717, 1.165) is 17.7 Å². The van der Waals surface area contributed by atoms with Crippen molar-refractivity contribution in [1.29, 1.82) is 0 Å². The van der Waals surface area contributed by atoms with Crippen molar-refractivity contribution >= 4 is 33.7 Å². The van der Waals surface area contributed by atoms with Crippen LogP contribution in [0, 0.1) is 0 Å². The number of nitrogens with zero attached hydrogens (tertiary/aromatic N) is 2. The lowest BCUT2D eigenvalue weighted by molar-refractivity contribution is 0.103. The average Bonchev–Trinajstić information content (AvgIpc) is 3.64. The summed E-state index contributed by atoms with van der Waals surface area (Å²) in [5.41, 5.74) is 5.70. The van der Waals surface area contributed by atoms with Crippen molar-refractivity contribution < 1.29 is 9.53 Å². The standard InChI is InChI=1S/C29H25N3O2S/c33-29(28-13-20(19-35-28)18-34-26-12-11-21-6-3-8-23(21)14-26)31-25-15-30-32(17-25)16-24-9-4-7-22-5-1-2-10-27(22)24/h1-2,4-5,7,9-15,17,19H,3,6,8,16,18H2,(H,31,33). The molecule has 3 aromatic carbocycles. The van der Waals surface area contributed by atoms with Gasteiger partial charge in [-0.2, -0.15) is 5.10 Å². The van der Waals surface area contributed by atoms with Crippen molar-refractivity contribution in [3.8, 4) is 5.75 Å². The summed E-state index contributed by atoms with van der Waals surface area (Å²) in [5, 5.41) is 11.8. The Morgan fingerprint density at radius 3 is 2.89 bits per heavy atom. The second-order valence-corrected chi connectivity index (χ2v) is 9.82. The van der Waals surface area contributed by atoms with Crippen LogP contribution >= 0.6 is 11.3 Å². The summed E-state index contributed by atoms with van der Waals surface area (Å²) < 4.78 is 7.83. The Bertz CT molecular complexity index is 1510. The molecule has 0 radical (unpaired) electrons. The maximum atomic E-state index is 12.8. The van der Waals surface area contributed by atoms with E-state index in [4.69, 9.17) is 4.74 Å². The Morgan fingerprint density at radius 2 is 1.91 bits per heavy atom. The molecule has 1 N–H and O–H groups in total. The number of ether oxygens (including phenoxy) is 1. The lowest BCUT2D eigenvalue weighted by atomic mass is 10.0. The zero-order chi connectivity index (χ0) is 23.6. The van der Waals surface area contributed by atoms with E-state index in [9.17, 15) is 4.79 Å². The second kappa shape index (κ2) is 9.39. The van der Waals surface area contributed by atoms with Crippen molar-refractivity contribution in [2.75, 3.05) is 5.32 Å². The van der Waals surface area contributed by atoms with Crippen LogP contribution < -0.4 is 10.1 Å². The highest BCUT2D eigenvalue weighted by molar-refractivity contribution is 7.12. The van der Waals surface area contributed by atoms with E-state index in [1.54, 1.807) is 6.20 Å². The number of amides is 1. The minimum absolute atomic E-state index is 0.136. The van der Waals surface area contributed by atoms with Gasteiger partial charge in [0.05, 0.1) is 23.3 Å². The molecular formula is C29H25N3O2S. The molecule has 1 amide bonds. The third-order valence-corrected chi connectivity index (χ3v) is 7.43. The van der Waals surface area contributed by atoms with E-state index in [1.165, 1.54) is 51.6 Å². The molecule has 35 heavy (non-hydrogen) atoms. The molecule has 0 atom stereocenters. The average molecular weight is 480 g/mol. The lowest BCUT2D eigenvalue weighted by Crippen LogP contribution is -2.09. The number of rotatable bonds is 7. The van der Waals surface area contributed by atoms with E-state index < -0.39 is 0 Å². The van der Waals surface area contributed by atoms with Gasteiger partial charge in [-0.25, -0.2) is 0 Å². The summed E-state index contributed by atoms with van der Waals surface area (Å²) in [6.45, 7) is 1.09. The first-order valence-electron chi connectivity index (χ1n) is 11.8. The van der Waals surface area contributed by atoms with Gasteiger partial charge in [-0.15, -0.1) is 11.3 Å². The zero-order valence-corrected chi connectivity index (χ0v) is 20.1. The van der Waals surface area contributed by atoms with Gasteiger partial charge in [0.1, 0.15) is 12.4 Å². The van der Waals surface area contributed by atoms with E-state index in [-0.39, 0.29) is 5.91 Å². The normalized spacial score (nSPS) is 12.6. The number of fused-ring (bicyclic) bond motifs is 2. The quantitative estimate of drug-likeness (QED) is 0.291. The highest BCUT2D eigenvalue weighted by Crippen LogP contribution is 2.27. The molecule has 2 aromatic heterocycles. The van der Waals surface area contributed by atoms with Crippen molar-refractivity contribution in [2.24, 2.45) is 0 Å². The molecule has 6 rings (SSSR count). The number of hydrogen-bond donors (Lipinski definition) is 1. The number of carbonyl (C=O) groups is 1. The monoisotopic (exact) mass is 479 g/mol. The molecule has 0 saturated carbocycles. The number of aromatic nitrogens is 2. The number of hydrogen-bond acceptors (Lipinski definition) is 4. The summed E-state index contributed by atoms with van der Waals surface area (Å²) in [4.78, 5) is 13.4. The maximum Gasteiger partial charge on any atom is 0.265 e. The first kappa shape index (κ1) is 21.6. The Morgan fingerprint density at radius 1 is 1.03 bits per heavy atom. The Balaban J connectivity index is 1.07. The van der Waals surface area contributed by atoms with E-state index >= 15 is 0 Å². The van der Waals surface area contributed by atoms with Crippen molar-refractivity contribution in [1.82, 2.24) is 9.78 Å². The molecule has 2 heterocycles. The van der Waals surface area contributed by atoms with Gasteiger partial charge in [-0.3, -0.25) is 9.48 Å². The minimum Gasteiger partial charge on any atom is -0.489 e. The number of anilines is 1. The summed E-state index contributed by atoms with van der Waals surface area (Å²) in [7, 11) is 0. The topological polar surface area (TPSA) is 56.2 Å². The van der Waals surface area contributed by atoms with Gasteiger partial charge < -0.3 is 10.1 Å². The third-order valence-electron chi connectivity index (χ3n) is 6.46. The fourth-order valence-corrected chi connectivity index (χ4v) is 5.48. The molecular weight excluding hydrogens is 454 g/mol. The minimum atomic E-state index is -0.136. The molecule has 0 bridgehead atoms. The van der Waals surface area contributed by atoms with Crippen LogP contribution in [0.4, 0.5) is 5.69 Å². The van der Waals surface area contributed by atoms with Crippen LogP contribution in [0.2, 0.25) is 0 Å². The number of aryl methyl sites for hydroxylation is 2. The molecule has 0 unspecified atom stereocenters. The zero-order valence-electron chi connectivity index (χ0n) is 19.2. The van der Waals surface area contributed by atoms with E-state index in [2.05, 4.69) is 52.9 Å². The van der Waals surface area contributed by atoms with Crippen molar-refractivity contribution in [3.05, 3.63) is 112 Å². The van der Waals surface area contributed by atoms with Gasteiger partial charge in [0, 0.05) is 11.8 Å². The van der Waals surface area contributed by atoms with E-state index in [0.29, 0.717) is 23.7 Å². The van der Waals surface area contributed by atoms with Crippen LogP contribution in [0.15, 0.2) is 84.5 Å². The van der Waals surface area contributed by atoms with Gasteiger partial charge in [-0.1, -0.05) is 48.5 Å². The third kappa shape index (κ3) is 4.70. The van der Waals surface area contributed by atoms with Crippen LogP contribution in [0.25, 0.3) is 10.8 Å². The van der Waals surface area contributed by atoms with Crippen molar-refractivity contribution in [3.63, 3.8) is 0 Å². The summed E-state index contributed by atoms with van der Waals surface area (Å²) in [5.74, 6) is 0.755. The number of carbonyl (C=O) groups excluding carboxylic acids is 1. The molecule has 0 saturated heterocycles. The fourth-order valence-electron chi connectivity index (χ4n) is 4.69. The number of nitrogens with one attached hydrogen (secondary N) is 1. The Labute approximate surface area is 208 Å². The molecule has 0 aliphatic heterocycles. The van der Waals surface area contributed by atoms with Crippen LogP contribution in [-0.2, 0) is 26.0 Å². The van der Waals surface area contributed by atoms with Crippen molar-refractivity contribution in [2.45, 2.75) is 32.4 Å². The summed E-state index contributed by atoms with van der Waals surface area (Å²) >= 11 is 1.42. The Hall–Kier alpha value is -3.90. The number of thiophene rings is 1. The van der Waals surface area contributed by atoms with Gasteiger partial charge >= 0.3 is 0 Å². The summed E-state index contributed by atoms with van der Waals surface area (Å²) in [6.07, 6.45) is 7.08. The first-order chi connectivity index (χ1) is 17.2. The predicted octanol–water partition coefficient (Wildman–Crippen LogP) is 6.47. The largest absolute Gasteiger partial charge is 0.489 e. The Kier molecular flexibility index (Phi) is 5.80. The predicted molar refractivity (Wildman–Crippen MR) is 140 cm³/mol. The SMILES string of the molecule is O=C(Nc1cnn(Cc2cccc3ccccc23)c1)c1cc(COc2ccc3c(c2)CCC3)cs1. The summed E-state index contributed by atoms with van der Waals surface area (Å²) in [6, 6.07) is 22.9. The first-order valence-corrected chi connectivity index (χ1v) is 12.7. The lowest BCUT2D eigenvalue weighted by Gasteiger charge is -2.07. The van der Waals surface area contributed by atoms with Gasteiger partial charge in [0.15, 0.2) is 0 Å². The molecule has 1 aliphatic rings. The van der Waals surface area contributed by atoms with Crippen LogP contribution in [0.1, 0.15) is 38.3 Å². The van der Waals surface area contributed by atoms with Crippen LogP contribution in [0.3, 0.4) is 0 Å². The molecule has 1 aliphatic carbocycles. The number of benzene rings is 3. The van der Waals surface area contributed by atoms with Gasteiger partial charge in [0.2, 0.25) is 0 Å². The smallest absolute Gasteiger partial charge is 0.265 e. The van der Waals surface area contributed by atoms with Gasteiger partial charge in [-0.05, 0) is 70.3 Å². The van der Waals surface area contributed by atoms with Gasteiger partial charge in [0.25, 0.3) is 5.91 Å². The molecule has 174 valence electrons.